The Labute approximate surface area is 180 Å². The Bertz CT molecular complexity index is 1050. The number of rotatable bonds is 6. The van der Waals surface area contributed by atoms with E-state index in [1.54, 1.807) is 31.2 Å². The number of benzene rings is 2. The van der Waals surface area contributed by atoms with Crippen molar-refractivity contribution < 1.29 is 39.8 Å². The molecule has 0 spiro atoms. The van der Waals surface area contributed by atoms with Gasteiger partial charge in [-0.15, -0.1) is 0 Å². The van der Waals surface area contributed by atoms with Crippen LogP contribution < -0.4 is 0 Å². The molecule has 168 valence electrons. The highest BCUT2D eigenvalue weighted by Crippen LogP contribution is 2.35. The molecule has 0 radical (unpaired) electrons. The van der Waals surface area contributed by atoms with Crippen molar-refractivity contribution in [3.05, 3.63) is 59.7 Å². The molecule has 2 fully saturated rings. The van der Waals surface area contributed by atoms with Crippen LogP contribution in [-0.4, -0.2) is 59.3 Å². The summed E-state index contributed by atoms with van der Waals surface area (Å²) < 4.78 is 72.1. The minimum Gasteiger partial charge on any atom is -0.387 e. The van der Waals surface area contributed by atoms with Gasteiger partial charge in [0.05, 0.1) is 16.4 Å². The number of hydrogen-bond donors (Lipinski definition) is 1. The molecule has 1 N–H and O–H groups in total. The topological polar surface area (TPSA) is 125 Å². The van der Waals surface area contributed by atoms with Crippen molar-refractivity contribution in [3.8, 4) is 0 Å². The summed E-state index contributed by atoms with van der Waals surface area (Å²) in [6.07, 6.45) is -6.64. The second kappa shape index (κ2) is 8.24. The maximum atomic E-state index is 12.7. The molecule has 9 nitrogen and oxygen atoms in total. The third-order valence-electron chi connectivity index (χ3n) is 5.14. The van der Waals surface area contributed by atoms with E-state index in [1.807, 2.05) is 6.92 Å². The van der Waals surface area contributed by atoms with Crippen LogP contribution in [0.4, 0.5) is 0 Å². The lowest BCUT2D eigenvalue weighted by Gasteiger charge is -2.36. The first-order valence-corrected chi connectivity index (χ1v) is 12.3. The number of ether oxygens (including phenoxy) is 2. The quantitative estimate of drug-likeness (QED) is 0.621. The molecular formula is C20H22O9S2. The summed E-state index contributed by atoms with van der Waals surface area (Å²) in [5, 5.41) is 10.8. The van der Waals surface area contributed by atoms with Crippen LogP contribution in [0, 0.1) is 13.8 Å². The van der Waals surface area contributed by atoms with Gasteiger partial charge in [-0.25, -0.2) is 0 Å². The number of hydrogen-bond acceptors (Lipinski definition) is 9. The van der Waals surface area contributed by atoms with Crippen molar-refractivity contribution in [2.45, 2.75) is 54.3 Å². The van der Waals surface area contributed by atoms with Crippen molar-refractivity contribution in [1.29, 1.82) is 0 Å². The Balaban J connectivity index is 1.57. The van der Waals surface area contributed by atoms with Crippen LogP contribution in [0.3, 0.4) is 0 Å². The molecule has 4 rings (SSSR count). The first-order valence-electron chi connectivity index (χ1n) is 9.52. The average molecular weight is 471 g/mol. The van der Waals surface area contributed by atoms with Crippen molar-refractivity contribution in [1.82, 2.24) is 0 Å². The first kappa shape index (κ1) is 22.3. The van der Waals surface area contributed by atoms with Crippen LogP contribution in [0.2, 0.25) is 0 Å². The Kier molecular flexibility index (Phi) is 5.94. The average Bonchev–Trinajstić information content (AvgIpc) is 3.16. The van der Waals surface area contributed by atoms with Gasteiger partial charge in [-0.1, -0.05) is 35.4 Å². The molecule has 2 bridgehead atoms. The minimum absolute atomic E-state index is 0.0831. The van der Waals surface area contributed by atoms with E-state index in [0.29, 0.717) is 0 Å². The maximum Gasteiger partial charge on any atom is 0.297 e. The van der Waals surface area contributed by atoms with E-state index in [0.717, 1.165) is 11.1 Å². The minimum atomic E-state index is -4.28. The van der Waals surface area contributed by atoms with Gasteiger partial charge in [0.25, 0.3) is 20.2 Å². The number of fused-ring (bicyclic) bond motifs is 2. The second-order valence-corrected chi connectivity index (χ2v) is 10.7. The molecule has 2 aromatic carbocycles. The molecule has 11 heteroatoms. The Hall–Kier alpha value is -1.86. The van der Waals surface area contributed by atoms with E-state index in [9.17, 15) is 21.9 Å². The molecule has 2 aliphatic rings. The maximum absolute atomic E-state index is 12.7. The summed E-state index contributed by atoms with van der Waals surface area (Å²) in [5.41, 5.74) is 1.72. The van der Waals surface area contributed by atoms with E-state index in [4.69, 9.17) is 17.8 Å². The molecule has 2 aliphatic heterocycles. The standard InChI is InChI=1S/C20H22O9S2/c1-12-3-7-14(8-4-12)30(22,23)28-18-16-11-26-20(27-16)19(17(18)21)29-31(24,25)15-9-5-13(2)6-10-15/h3-10,16-21H,11H2,1-2H3/t16-,17?,18+,19+,20-/m0/s1. The summed E-state index contributed by atoms with van der Waals surface area (Å²) in [6.45, 7) is 3.53. The van der Waals surface area contributed by atoms with Gasteiger partial charge in [0.2, 0.25) is 0 Å². The number of aryl methyl sites for hydroxylation is 2. The highest BCUT2D eigenvalue weighted by Gasteiger charge is 2.54. The Morgan fingerprint density at radius 2 is 1.26 bits per heavy atom. The van der Waals surface area contributed by atoms with Gasteiger partial charge in [0.15, 0.2) is 12.4 Å². The zero-order chi connectivity index (χ0) is 22.4. The van der Waals surface area contributed by atoms with Gasteiger partial charge >= 0.3 is 0 Å². The largest absolute Gasteiger partial charge is 0.387 e. The first-order chi connectivity index (χ1) is 14.6. The zero-order valence-corrected chi connectivity index (χ0v) is 18.4. The smallest absolute Gasteiger partial charge is 0.297 e. The molecule has 5 atom stereocenters. The molecule has 2 heterocycles. The monoisotopic (exact) mass is 470 g/mol. The Morgan fingerprint density at radius 1 is 0.806 bits per heavy atom. The van der Waals surface area contributed by atoms with E-state index in [2.05, 4.69) is 0 Å². The highest BCUT2D eigenvalue weighted by molar-refractivity contribution is 7.87. The second-order valence-electron chi connectivity index (χ2n) is 7.52. The van der Waals surface area contributed by atoms with E-state index in [-0.39, 0.29) is 16.4 Å². The van der Waals surface area contributed by atoms with Crippen molar-refractivity contribution in [2.24, 2.45) is 0 Å². The van der Waals surface area contributed by atoms with Crippen LogP contribution in [-0.2, 0) is 38.1 Å². The number of aliphatic hydroxyl groups excluding tert-OH is 1. The van der Waals surface area contributed by atoms with Crippen LogP contribution >= 0.6 is 0 Å². The van der Waals surface area contributed by atoms with Gasteiger partial charge in [-0.3, -0.25) is 8.37 Å². The van der Waals surface area contributed by atoms with Gasteiger partial charge in [-0.05, 0) is 38.1 Å². The van der Waals surface area contributed by atoms with Crippen LogP contribution in [0.1, 0.15) is 11.1 Å². The lowest BCUT2D eigenvalue weighted by atomic mass is 10.0. The van der Waals surface area contributed by atoms with Crippen molar-refractivity contribution in [2.75, 3.05) is 6.61 Å². The molecule has 2 aromatic rings. The predicted octanol–water partition coefficient (Wildman–Crippen LogP) is 1.27. The molecule has 0 aliphatic carbocycles. The third kappa shape index (κ3) is 4.53. The fourth-order valence-corrected chi connectivity index (χ4v) is 5.58. The summed E-state index contributed by atoms with van der Waals surface area (Å²) >= 11 is 0. The highest BCUT2D eigenvalue weighted by atomic mass is 32.2. The van der Waals surface area contributed by atoms with Gasteiger partial charge in [-0.2, -0.15) is 16.8 Å². The number of aliphatic hydroxyl groups is 1. The fraction of sp³-hybridized carbons (Fsp3) is 0.400. The van der Waals surface area contributed by atoms with E-state index >= 15 is 0 Å². The molecule has 2 saturated heterocycles. The summed E-state index contributed by atoms with van der Waals surface area (Å²) in [6, 6.07) is 11.9. The van der Waals surface area contributed by atoms with Crippen LogP contribution in [0.5, 0.6) is 0 Å². The van der Waals surface area contributed by atoms with Crippen LogP contribution in [0.15, 0.2) is 58.3 Å². The SMILES string of the molecule is Cc1ccc(S(=O)(=O)O[C@@H]2C(O)[C@H](OS(=O)(=O)c3ccc(C)cc3)[C@@H]3CO[C@H]2O3)cc1. The lowest BCUT2D eigenvalue weighted by molar-refractivity contribution is -0.213. The summed E-state index contributed by atoms with van der Waals surface area (Å²) in [5.74, 6) is 0. The summed E-state index contributed by atoms with van der Waals surface area (Å²) in [7, 11) is -8.54. The third-order valence-corrected chi connectivity index (χ3v) is 7.79. The molecular weight excluding hydrogens is 448 g/mol. The predicted molar refractivity (Wildman–Crippen MR) is 107 cm³/mol. The molecule has 31 heavy (non-hydrogen) atoms. The molecule has 0 amide bonds. The van der Waals surface area contributed by atoms with E-state index < -0.39 is 50.9 Å². The normalized spacial score (nSPS) is 28.5. The van der Waals surface area contributed by atoms with Gasteiger partial charge in [0, 0.05) is 0 Å². The van der Waals surface area contributed by atoms with Gasteiger partial charge in [0.1, 0.15) is 18.3 Å². The van der Waals surface area contributed by atoms with Crippen LogP contribution in [0.25, 0.3) is 0 Å². The Morgan fingerprint density at radius 3 is 1.74 bits per heavy atom. The van der Waals surface area contributed by atoms with Crippen molar-refractivity contribution in [3.63, 3.8) is 0 Å². The lowest BCUT2D eigenvalue weighted by Crippen LogP contribution is -2.56. The molecule has 0 aromatic heterocycles. The summed E-state index contributed by atoms with van der Waals surface area (Å²) in [4.78, 5) is -0.216. The zero-order valence-electron chi connectivity index (χ0n) is 16.7. The van der Waals surface area contributed by atoms with E-state index in [1.165, 1.54) is 24.3 Å². The molecule has 1 unspecified atom stereocenters. The fourth-order valence-electron chi connectivity index (χ4n) is 3.39. The molecule has 0 saturated carbocycles. The van der Waals surface area contributed by atoms with Gasteiger partial charge < -0.3 is 14.6 Å². The van der Waals surface area contributed by atoms with Crippen molar-refractivity contribution >= 4 is 20.2 Å².